The molecule has 30 heavy (non-hydrogen) atoms. The van der Waals surface area contributed by atoms with Gasteiger partial charge < -0.3 is 5.32 Å². The molecule has 1 aliphatic carbocycles. The zero-order chi connectivity index (χ0) is 21.3. The van der Waals surface area contributed by atoms with Gasteiger partial charge in [-0.3, -0.25) is 4.79 Å². The number of rotatable bonds is 7. The van der Waals surface area contributed by atoms with Gasteiger partial charge in [-0.15, -0.1) is 0 Å². The number of anilines is 1. The van der Waals surface area contributed by atoms with E-state index in [0.717, 1.165) is 40.3 Å². The maximum atomic E-state index is 12.9. The number of carbonyl (C=O) groups excluding carboxylic acids is 1. The van der Waals surface area contributed by atoms with Gasteiger partial charge in [-0.05, 0) is 41.9 Å². The molecule has 1 aromatic heterocycles. The first-order valence-electron chi connectivity index (χ1n) is 10.8. The molecule has 1 amide bonds. The Hall–Kier alpha value is -2.40. The van der Waals surface area contributed by atoms with Crippen molar-refractivity contribution in [2.45, 2.75) is 63.3 Å². The second-order valence-corrected chi connectivity index (χ2v) is 9.60. The summed E-state index contributed by atoms with van der Waals surface area (Å²) < 4.78 is 0. The lowest BCUT2D eigenvalue weighted by molar-refractivity contribution is -0.113. The normalized spacial score (nSPS) is 13.9. The Labute approximate surface area is 182 Å². The van der Waals surface area contributed by atoms with E-state index in [9.17, 15) is 4.79 Å². The Balaban J connectivity index is 1.55. The highest BCUT2D eigenvalue weighted by Crippen LogP contribution is 2.40. The lowest BCUT2D eigenvalue weighted by Gasteiger charge is -2.20. The fourth-order valence-corrected chi connectivity index (χ4v) is 4.53. The van der Waals surface area contributed by atoms with Crippen LogP contribution in [0.25, 0.3) is 10.9 Å². The van der Waals surface area contributed by atoms with Gasteiger partial charge in [0, 0.05) is 17.0 Å². The van der Waals surface area contributed by atoms with E-state index in [2.05, 4.69) is 51.2 Å². The Morgan fingerprint density at radius 1 is 1.00 bits per heavy atom. The summed E-state index contributed by atoms with van der Waals surface area (Å²) in [5.74, 6) is 2.43. The maximum Gasteiger partial charge on any atom is 0.234 e. The summed E-state index contributed by atoms with van der Waals surface area (Å²) in [6.07, 6.45) is 2.32. The molecule has 156 valence electrons. The highest BCUT2D eigenvalue weighted by atomic mass is 32.2. The van der Waals surface area contributed by atoms with Crippen LogP contribution in [-0.4, -0.2) is 21.6 Å². The molecule has 0 aliphatic heterocycles. The van der Waals surface area contributed by atoms with Crippen molar-refractivity contribution >= 4 is 34.3 Å². The lowest BCUT2D eigenvalue weighted by Crippen LogP contribution is -2.17. The molecule has 0 saturated heterocycles. The Morgan fingerprint density at radius 2 is 1.67 bits per heavy atom. The first-order valence-corrected chi connectivity index (χ1v) is 11.7. The van der Waals surface area contributed by atoms with E-state index >= 15 is 0 Å². The van der Waals surface area contributed by atoms with Gasteiger partial charge in [-0.25, -0.2) is 9.97 Å². The van der Waals surface area contributed by atoms with Crippen LogP contribution in [0.2, 0.25) is 0 Å². The fraction of sp³-hybridized carbons (Fsp3) is 0.400. The van der Waals surface area contributed by atoms with E-state index in [1.807, 2.05) is 24.3 Å². The maximum absolute atomic E-state index is 12.9. The van der Waals surface area contributed by atoms with E-state index in [-0.39, 0.29) is 5.91 Å². The molecule has 3 aromatic rings. The van der Waals surface area contributed by atoms with Gasteiger partial charge in [-0.1, -0.05) is 75.9 Å². The zero-order valence-electron chi connectivity index (χ0n) is 18.1. The number of carbonyl (C=O) groups is 1. The van der Waals surface area contributed by atoms with E-state index in [1.54, 1.807) is 0 Å². The van der Waals surface area contributed by atoms with Crippen molar-refractivity contribution in [3.05, 3.63) is 59.4 Å². The summed E-state index contributed by atoms with van der Waals surface area (Å²) in [7, 11) is 0. The van der Waals surface area contributed by atoms with Gasteiger partial charge in [0.15, 0.2) is 0 Å². The predicted octanol–water partition coefficient (Wildman–Crippen LogP) is 6.48. The molecule has 1 saturated carbocycles. The second kappa shape index (κ2) is 8.76. The lowest BCUT2D eigenvalue weighted by atomic mass is 9.92. The van der Waals surface area contributed by atoms with Crippen molar-refractivity contribution in [1.29, 1.82) is 0 Å². The molecule has 1 aliphatic rings. The first kappa shape index (κ1) is 20.9. The molecule has 0 spiro atoms. The standard InChI is InChI=1S/C25H29N3OS/c1-15(2)18-9-7-10-19(16(3)4)23(18)27-22(29)14-30-25-20-8-5-6-11-21(20)26-24(28-25)17-12-13-17/h5-11,15-17H,12-14H2,1-4H3,(H,27,29). The fourth-order valence-electron chi connectivity index (χ4n) is 3.70. The third-order valence-corrected chi connectivity index (χ3v) is 6.50. The van der Waals surface area contributed by atoms with Gasteiger partial charge in [-0.2, -0.15) is 0 Å². The number of nitrogens with one attached hydrogen (secondary N) is 1. The molecule has 1 N–H and O–H groups in total. The molecule has 0 unspecified atom stereocenters. The second-order valence-electron chi connectivity index (χ2n) is 8.64. The number of nitrogens with zero attached hydrogens (tertiary/aromatic N) is 2. The zero-order valence-corrected chi connectivity index (χ0v) is 18.9. The number of amides is 1. The SMILES string of the molecule is CC(C)c1cccc(C(C)C)c1NC(=O)CSc1nc(C2CC2)nc2ccccc12. The number of benzene rings is 2. The smallest absolute Gasteiger partial charge is 0.234 e. The third kappa shape index (κ3) is 4.51. The molecule has 2 aromatic carbocycles. The third-order valence-electron chi connectivity index (χ3n) is 5.51. The molecule has 0 bridgehead atoms. The van der Waals surface area contributed by atoms with Crippen LogP contribution in [0.15, 0.2) is 47.5 Å². The quantitative estimate of drug-likeness (QED) is 0.351. The number of thioether (sulfide) groups is 1. The summed E-state index contributed by atoms with van der Waals surface area (Å²) in [5, 5.41) is 5.13. The van der Waals surface area contributed by atoms with Crippen LogP contribution < -0.4 is 5.32 Å². The van der Waals surface area contributed by atoms with E-state index in [1.165, 1.54) is 22.9 Å². The summed E-state index contributed by atoms with van der Waals surface area (Å²) in [6, 6.07) is 14.4. The highest BCUT2D eigenvalue weighted by Gasteiger charge is 2.27. The van der Waals surface area contributed by atoms with E-state index in [4.69, 9.17) is 9.97 Å². The van der Waals surface area contributed by atoms with Crippen molar-refractivity contribution in [3.63, 3.8) is 0 Å². The average Bonchev–Trinajstić information content (AvgIpc) is 3.57. The molecular formula is C25H29N3OS. The minimum atomic E-state index is 0.00525. The molecule has 1 heterocycles. The molecule has 5 heteroatoms. The van der Waals surface area contributed by atoms with Gasteiger partial charge in [0.05, 0.1) is 11.3 Å². The van der Waals surface area contributed by atoms with Gasteiger partial charge in [0.1, 0.15) is 10.9 Å². The van der Waals surface area contributed by atoms with E-state index in [0.29, 0.717) is 23.5 Å². The van der Waals surface area contributed by atoms with Crippen molar-refractivity contribution < 1.29 is 4.79 Å². The number of hydrogen-bond donors (Lipinski definition) is 1. The van der Waals surface area contributed by atoms with Crippen LogP contribution in [0.3, 0.4) is 0 Å². The van der Waals surface area contributed by atoms with Crippen LogP contribution in [0.5, 0.6) is 0 Å². The largest absolute Gasteiger partial charge is 0.325 e. The number of para-hydroxylation sites is 2. The number of hydrogen-bond acceptors (Lipinski definition) is 4. The monoisotopic (exact) mass is 419 g/mol. The molecule has 0 atom stereocenters. The Morgan fingerprint density at radius 3 is 2.30 bits per heavy atom. The Kier molecular flexibility index (Phi) is 6.09. The topological polar surface area (TPSA) is 54.9 Å². The van der Waals surface area contributed by atoms with Gasteiger partial charge in [0.2, 0.25) is 5.91 Å². The van der Waals surface area contributed by atoms with Crippen LogP contribution in [0, 0.1) is 0 Å². The van der Waals surface area contributed by atoms with Crippen molar-refractivity contribution in [1.82, 2.24) is 9.97 Å². The van der Waals surface area contributed by atoms with Gasteiger partial charge >= 0.3 is 0 Å². The molecule has 4 rings (SSSR count). The molecule has 4 nitrogen and oxygen atoms in total. The minimum absolute atomic E-state index is 0.00525. The van der Waals surface area contributed by atoms with Crippen LogP contribution in [0.1, 0.15) is 75.2 Å². The van der Waals surface area contributed by atoms with Crippen molar-refractivity contribution in [2.75, 3.05) is 11.1 Å². The summed E-state index contributed by atoms with van der Waals surface area (Å²) in [5.41, 5.74) is 4.30. The van der Waals surface area contributed by atoms with Crippen LogP contribution in [0.4, 0.5) is 5.69 Å². The number of aromatic nitrogens is 2. The summed E-state index contributed by atoms with van der Waals surface area (Å²) >= 11 is 1.50. The van der Waals surface area contributed by atoms with Crippen molar-refractivity contribution in [3.8, 4) is 0 Å². The highest BCUT2D eigenvalue weighted by molar-refractivity contribution is 8.00. The van der Waals surface area contributed by atoms with Crippen LogP contribution in [-0.2, 0) is 4.79 Å². The number of fused-ring (bicyclic) bond motifs is 1. The molecule has 0 radical (unpaired) electrons. The Bertz CT molecular complexity index is 1050. The van der Waals surface area contributed by atoms with Gasteiger partial charge in [0.25, 0.3) is 0 Å². The summed E-state index contributed by atoms with van der Waals surface area (Å²) in [6.45, 7) is 8.65. The average molecular weight is 420 g/mol. The minimum Gasteiger partial charge on any atom is -0.325 e. The molecular weight excluding hydrogens is 390 g/mol. The molecule has 1 fully saturated rings. The van der Waals surface area contributed by atoms with Crippen molar-refractivity contribution in [2.24, 2.45) is 0 Å². The first-order chi connectivity index (χ1) is 14.4. The van der Waals surface area contributed by atoms with Crippen LogP contribution >= 0.6 is 11.8 Å². The summed E-state index contributed by atoms with van der Waals surface area (Å²) in [4.78, 5) is 22.5. The predicted molar refractivity (Wildman–Crippen MR) is 125 cm³/mol. The van der Waals surface area contributed by atoms with E-state index < -0.39 is 0 Å².